The molecule has 0 aliphatic rings. The molecule has 2 aromatic rings. The van der Waals surface area contributed by atoms with Gasteiger partial charge in [-0.3, -0.25) is 0 Å². The van der Waals surface area contributed by atoms with Gasteiger partial charge in [0.25, 0.3) is 0 Å². The number of hydrogen-bond donors (Lipinski definition) is 0. The highest BCUT2D eigenvalue weighted by molar-refractivity contribution is 7.98. The summed E-state index contributed by atoms with van der Waals surface area (Å²) in [5, 5.41) is 0.536. The fourth-order valence-electron chi connectivity index (χ4n) is 2.70. The van der Waals surface area contributed by atoms with Crippen molar-refractivity contribution in [3.63, 3.8) is 0 Å². The number of rotatable bonds is 9. The number of hydrogen-bond acceptors (Lipinski definition) is 5. The number of thioether (sulfide) groups is 1. The largest absolute Gasteiger partial charge is 0.489 e. The monoisotopic (exact) mass is 432 g/mol. The van der Waals surface area contributed by atoms with E-state index in [2.05, 4.69) is 37.4 Å². The highest BCUT2D eigenvalue weighted by atomic mass is 32.2. The summed E-state index contributed by atoms with van der Waals surface area (Å²) in [6, 6.07) is 15.8. The number of carbonyl (C=O) groups is 1. The molecule has 0 aliphatic carbocycles. The molecule has 0 bridgehead atoms. The van der Waals surface area contributed by atoms with Crippen LogP contribution in [-0.2, 0) is 16.1 Å². The number of carbonyl (C=O) groups excluding carboxylic acids is 1. The molecule has 4 nitrogen and oxygen atoms in total. The average molecular weight is 433 g/mol. The summed E-state index contributed by atoms with van der Waals surface area (Å²) < 4.78 is 16.6. The Morgan fingerprint density at radius 1 is 1.00 bits per heavy atom. The molecule has 0 spiro atoms. The summed E-state index contributed by atoms with van der Waals surface area (Å²) in [5.74, 6) is 0.875. The molecule has 2 rings (SSSR count). The fraction of sp³-hybridized carbons (Fsp3) is 0.480. The van der Waals surface area contributed by atoms with E-state index in [1.807, 2.05) is 58.5 Å². The Morgan fingerprint density at radius 3 is 2.13 bits per heavy atom. The number of esters is 1. The van der Waals surface area contributed by atoms with Gasteiger partial charge in [-0.2, -0.15) is 11.8 Å². The number of ether oxygens (including phenoxy) is 3. The van der Waals surface area contributed by atoms with Crippen molar-refractivity contribution in [3.8, 4) is 11.5 Å². The van der Waals surface area contributed by atoms with Gasteiger partial charge in [0.15, 0.2) is 6.61 Å². The van der Waals surface area contributed by atoms with E-state index in [1.54, 1.807) is 12.1 Å². The lowest BCUT2D eigenvalue weighted by Gasteiger charge is -2.19. The molecule has 0 N–H and O–H groups in total. The predicted octanol–water partition coefficient (Wildman–Crippen LogP) is 6.83. The van der Waals surface area contributed by atoms with E-state index < -0.39 is 11.6 Å². The van der Waals surface area contributed by atoms with Gasteiger partial charge in [-0.05, 0) is 56.7 Å². The van der Waals surface area contributed by atoms with Crippen LogP contribution in [0.3, 0.4) is 0 Å². The Hall–Kier alpha value is -2.14. The van der Waals surface area contributed by atoms with Gasteiger partial charge >= 0.3 is 5.97 Å². The first kappa shape index (κ1) is 25.9. The third kappa shape index (κ3) is 9.57. The van der Waals surface area contributed by atoms with Gasteiger partial charge in [0.05, 0.1) is 0 Å². The molecule has 1 atom stereocenters. The Labute approximate surface area is 186 Å². The second-order valence-corrected chi connectivity index (χ2v) is 8.55. The molecular formula is C25H36O4S. The zero-order chi connectivity index (χ0) is 22.6. The van der Waals surface area contributed by atoms with E-state index in [4.69, 9.17) is 14.2 Å². The first-order valence-electron chi connectivity index (χ1n) is 10.5. The van der Waals surface area contributed by atoms with Gasteiger partial charge in [0, 0.05) is 11.3 Å². The molecule has 0 aromatic heterocycles. The van der Waals surface area contributed by atoms with Crippen LogP contribution in [0.2, 0.25) is 0 Å². The summed E-state index contributed by atoms with van der Waals surface area (Å²) in [6.07, 6.45) is 3.26. The lowest BCUT2D eigenvalue weighted by Crippen LogP contribution is -2.27. The van der Waals surface area contributed by atoms with Crippen molar-refractivity contribution in [2.75, 3.05) is 12.9 Å². The Balaban J connectivity index is 0.00000218. The summed E-state index contributed by atoms with van der Waals surface area (Å²) in [5.41, 5.74) is 1.93. The topological polar surface area (TPSA) is 44.8 Å². The maximum absolute atomic E-state index is 11.8. The van der Waals surface area contributed by atoms with E-state index in [9.17, 15) is 4.79 Å². The Bertz CT molecular complexity index is 746. The molecule has 0 saturated heterocycles. The fourth-order valence-corrected chi connectivity index (χ4v) is 3.46. The molecule has 0 fully saturated rings. The van der Waals surface area contributed by atoms with E-state index in [-0.39, 0.29) is 6.61 Å². The van der Waals surface area contributed by atoms with Crippen molar-refractivity contribution in [1.82, 2.24) is 0 Å². The van der Waals surface area contributed by atoms with Crippen LogP contribution in [0.25, 0.3) is 0 Å². The van der Waals surface area contributed by atoms with E-state index in [0.717, 1.165) is 12.0 Å². The van der Waals surface area contributed by atoms with Crippen molar-refractivity contribution < 1.29 is 19.0 Å². The zero-order valence-corrected chi connectivity index (χ0v) is 20.2. The van der Waals surface area contributed by atoms with E-state index in [0.29, 0.717) is 23.4 Å². The quantitative estimate of drug-likeness (QED) is 0.407. The average Bonchev–Trinajstić information content (AvgIpc) is 2.73. The number of benzene rings is 2. The van der Waals surface area contributed by atoms with Crippen molar-refractivity contribution in [1.29, 1.82) is 0 Å². The molecule has 0 amide bonds. The molecule has 0 saturated carbocycles. The van der Waals surface area contributed by atoms with Crippen molar-refractivity contribution in [2.24, 2.45) is 0 Å². The molecule has 0 heterocycles. The second kappa shape index (κ2) is 13.2. The minimum atomic E-state index is -0.520. The zero-order valence-electron chi connectivity index (χ0n) is 19.4. The summed E-state index contributed by atoms with van der Waals surface area (Å²) in [7, 11) is 0. The van der Waals surface area contributed by atoms with Crippen molar-refractivity contribution in [2.45, 2.75) is 65.4 Å². The first-order chi connectivity index (χ1) is 14.3. The Morgan fingerprint density at radius 2 is 1.60 bits per heavy atom. The molecule has 1 unspecified atom stereocenters. The lowest BCUT2D eigenvalue weighted by atomic mass is 10.1. The smallest absolute Gasteiger partial charge is 0.344 e. The van der Waals surface area contributed by atoms with Gasteiger partial charge in [0.1, 0.15) is 23.7 Å². The van der Waals surface area contributed by atoms with Crippen LogP contribution in [0.15, 0.2) is 48.5 Å². The van der Waals surface area contributed by atoms with Gasteiger partial charge in [0.2, 0.25) is 0 Å². The molecule has 0 radical (unpaired) electrons. The minimum absolute atomic E-state index is 0.129. The van der Waals surface area contributed by atoms with E-state index in [1.165, 1.54) is 5.56 Å². The second-order valence-electron chi connectivity index (χ2n) is 7.51. The summed E-state index contributed by atoms with van der Waals surface area (Å²) in [4.78, 5) is 11.8. The highest BCUT2D eigenvalue weighted by Gasteiger charge is 2.16. The normalized spacial score (nSPS) is 11.7. The lowest BCUT2D eigenvalue weighted by molar-refractivity contribution is -0.157. The van der Waals surface area contributed by atoms with Crippen LogP contribution in [0.4, 0.5) is 0 Å². The van der Waals surface area contributed by atoms with Gasteiger partial charge in [-0.25, -0.2) is 4.79 Å². The molecule has 5 heteroatoms. The summed E-state index contributed by atoms with van der Waals surface area (Å²) in [6.45, 7) is 12.0. The van der Waals surface area contributed by atoms with Crippen molar-refractivity contribution >= 4 is 17.7 Å². The molecular weight excluding hydrogens is 396 g/mol. The van der Waals surface area contributed by atoms with Gasteiger partial charge in [-0.1, -0.05) is 51.1 Å². The van der Waals surface area contributed by atoms with Crippen LogP contribution < -0.4 is 9.47 Å². The predicted molar refractivity (Wildman–Crippen MR) is 126 cm³/mol. The van der Waals surface area contributed by atoms with Crippen LogP contribution in [-0.4, -0.2) is 24.4 Å². The molecule has 0 aliphatic heterocycles. The molecule has 2 aromatic carbocycles. The van der Waals surface area contributed by atoms with Crippen LogP contribution in [0.1, 0.15) is 64.3 Å². The maximum Gasteiger partial charge on any atom is 0.344 e. The maximum atomic E-state index is 11.8. The molecule has 30 heavy (non-hydrogen) atoms. The SMILES string of the molecule is CC.CCC(SC)c1ccc(COc2cccc(OCC(=O)OC(C)(C)C)c2)cc1. The standard InChI is InChI=1S/C23H30O4S.C2H6/c1-6-21(28-5)18-12-10-17(11-13-18)15-25-19-8-7-9-20(14-19)26-16-22(24)27-23(2,3)4;1-2/h7-14,21H,6,15-16H2,1-5H3;1-2H3. The minimum Gasteiger partial charge on any atom is -0.489 e. The Kier molecular flexibility index (Phi) is 11.4. The third-order valence-corrected chi connectivity index (χ3v) is 5.17. The van der Waals surface area contributed by atoms with Crippen molar-refractivity contribution in [3.05, 3.63) is 59.7 Å². The highest BCUT2D eigenvalue weighted by Crippen LogP contribution is 2.30. The van der Waals surface area contributed by atoms with Crippen LogP contribution in [0.5, 0.6) is 11.5 Å². The van der Waals surface area contributed by atoms with Crippen LogP contribution in [0, 0.1) is 0 Å². The van der Waals surface area contributed by atoms with E-state index >= 15 is 0 Å². The van der Waals surface area contributed by atoms with Crippen LogP contribution >= 0.6 is 11.8 Å². The summed E-state index contributed by atoms with van der Waals surface area (Å²) >= 11 is 1.87. The van der Waals surface area contributed by atoms with Gasteiger partial charge < -0.3 is 14.2 Å². The molecule has 166 valence electrons. The first-order valence-corrected chi connectivity index (χ1v) is 11.8. The third-order valence-electron chi connectivity index (χ3n) is 3.99. The van der Waals surface area contributed by atoms with Gasteiger partial charge in [-0.15, -0.1) is 0 Å².